The highest BCUT2D eigenvalue weighted by molar-refractivity contribution is 5.93. The number of nitrogens with zero attached hydrogens (tertiary/aromatic N) is 3. The van der Waals surface area contributed by atoms with Crippen LogP contribution in [0, 0.1) is 33.6 Å². The number of carbonyl (C=O) groups is 1. The molecule has 2 rings (SSSR count). The Morgan fingerprint density at radius 3 is 2.57 bits per heavy atom. The van der Waals surface area contributed by atoms with E-state index in [1.165, 1.54) is 5.56 Å². The van der Waals surface area contributed by atoms with Crippen LogP contribution in [0.3, 0.4) is 0 Å². The number of benzene rings is 1. The summed E-state index contributed by atoms with van der Waals surface area (Å²) in [6, 6.07) is 6.00. The second-order valence-corrected chi connectivity index (χ2v) is 5.60. The number of anilines is 1. The summed E-state index contributed by atoms with van der Waals surface area (Å²) in [5, 5.41) is 7.28. The Kier molecular flexibility index (Phi) is 4.40. The van der Waals surface area contributed by atoms with Crippen molar-refractivity contribution in [3.05, 3.63) is 41.0 Å². The molecule has 0 unspecified atom stereocenters. The number of amides is 1. The number of hydrogen-bond acceptors (Lipinski definition) is 3. The summed E-state index contributed by atoms with van der Waals surface area (Å²) in [5.41, 5.74) is 3.12. The Balaban J connectivity index is 2.04. The van der Waals surface area contributed by atoms with Crippen LogP contribution in [0.4, 0.5) is 5.69 Å². The fourth-order valence-electron chi connectivity index (χ4n) is 2.29. The second-order valence-electron chi connectivity index (χ2n) is 5.60. The smallest absolute Gasteiger partial charge is 0.229 e. The van der Waals surface area contributed by atoms with E-state index in [9.17, 15) is 4.79 Å². The predicted molar refractivity (Wildman–Crippen MR) is 83.2 cm³/mol. The van der Waals surface area contributed by atoms with E-state index in [2.05, 4.69) is 21.5 Å². The standard InChI is InChI=1S/C16H22N4O/c1-10-6-7-15(11(2)8-10)18-16(21)12(3)9-20-14(5)17-13(4)19-20/h6-8,12H,9H2,1-5H3,(H,18,21)/t12-/m0/s1. The van der Waals surface area contributed by atoms with Gasteiger partial charge in [0.15, 0.2) is 0 Å². The molecule has 0 spiro atoms. The van der Waals surface area contributed by atoms with Gasteiger partial charge in [-0.1, -0.05) is 24.6 Å². The van der Waals surface area contributed by atoms with Crippen molar-refractivity contribution in [3.63, 3.8) is 0 Å². The molecule has 0 aliphatic rings. The topological polar surface area (TPSA) is 59.8 Å². The first-order valence-corrected chi connectivity index (χ1v) is 7.13. The lowest BCUT2D eigenvalue weighted by molar-refractivity contribution is -0.119. The van der Waals surface area contributed by atoms with E-state index in [4.69, 9.17) is 0 Å². The van der Waals surface area contributed by atoms with Gasteiger partial charge >= 0.3 is 0 Å². The van der Waals surface area contributed by atoms with Crippen LogP contribution < -0.4 is 5.32 Å². The molecule has 0 radical (unpaired) electrons. The van der Waals surface area contributed by atoms with E-state index < -0.39 is 0 Å². The van der Waals surface area contributed by atoms with E-state index in [0.29, 0.717) is 6.54 Å². The number of nitrogens with one attached hydrogen (secondary N) is 1. The highest BCUT2D eigenvalue weighted by Gasteiger charge is 2.16. The van der Waals surface area contributed by atoms with Crippen molar-refractivity contribution in [2.45, 2.75) is 41.2 Å². The van der Waals surface area contributed by atoms with Crippen LogP contribution in [0.2, 0.25) is 0 Å². The molecule has 0 aliphatic heterocycles. The summed E-state index contributed by atoms with van der Waals surface area (Å²) < 4.78 is 1.78. The van der Waals surface area contributed by atoms with Gasteiger partial charge in [0.05, 0.1) is 12.5 Å². The van der Waals surface area contributed by atoms with Crippen LogP contribution in [-0.4, -0.2) is 20.7 Å². The van der Waals surface area contributed by atoms with Gasteiger partial charge in [0.1, 0.15) is 11.6 Å². The first kappa shape index (κ1) is 15.2. The zero-order valence-electron chi connectivity index (χ0n) is 13.3. The summed E-state index contributed by atoms with van der Waals surface area (Å²) in [4.78, 5) is 16.6. The Morgan fingerprint density at radius 1 is 1.29 bits per heavy atom. The molecule has 5 nitrogen and oxygen atoms in total. The Morgan fingerprint density at radius 2 is 2.00 bits per heavy atom. The van der Waals surface area contributed by atoms with Crippen molar-refractivity contribution in [3.8, 4) is 0 Å². The lowest BCUT2D eigenvalue weighted by atomic mass is 10.1. The maximum Gasteiger partial charge on any atom is 0.229 e. The molecule has 0 fully saturated rings. The molecule has 0 bridgehead atoms. The Bertz CT molecular complexity index is 660. The minimum absolute atomic E-state index is 0.00509. The van der Waals surface area contributed by atoms with Gasteiger partial charge in [-0.15, -0.1) is 0 Å². The van der Waals surface area contributed by atoms with Gasteiger partial charge in [0.2, 0.25) is 5.91 Å². The molecule has 1 aromatic heterocycles. The molecule has 2 aromatic rings. The number of rotatable bonds is 4. The molecule has 5 heteroatoms. The molecule has 1 amide bonds. The normalized spacial score (nSPS) is 12.2. The molecule has 0 saturated carbocycles. The van der Waals surface area contributed by atoms with Crippen molar-refractivity contribution < 1.29 is 4.79 Å². The molecular formula is C16H22N4O. The fraction of sp³-hybridized carbons (Fsp3) is 0.438. The van der Waals surface area contributed by atoms with Crippen molar-refractivity contribution >= 4 is 11.6 Å². The SMILES string of the molecule is Cc1ccc(NC(=O)[C@@H](C)Cn2nc(C)nc2C)c(C)c1. The molecule has 0 saturated heterocycles. The van der Waals surface area contributed by atoms with E-state index in [1.807, 2.05) is 46.8 Å². The third-order valence-corrected chi connectivity index (χ3v) is 3.50. The van der Waals surface area contributed by atoms with Gasteiger partial charge in [0, 0.05) is 5.69 Å². The molecule has 0 aliphatic carbocycles. The summed E-state index contributed by atoms with van der Waals surface area (Å²) in [6.07, 6.45) is 0. The number of aromatic nitrogens is 3. The van der Waals surface area contributed by atoms with Crippen molar-refractivity contribution in [1.29, 1.82) is 0 Å². The van der Waals surface area contributed by atoms with Gasteiger partial charge in [-0.05, 0) is 39.3 Å². The minimum Gasteiger partial charge on any atom is -0.326 e. The number of aryl methyl sites for hydroxylation is 4. The van der Waals surface area contributed by atoms with Crippen LogP contribution >= 0.6 is 0 Å². The maximum absolute atomic E-state index is 12.3. The van der Waals surface area contributed by atoms with Gasteiger partial charge in [-0.2, -0.15) is 5.10 Å². The van der Waals surface area contributed by atoms with Gasteiger partial charge in [-0.25, -0.2) is 9.67 Å². The predicted octanol–water partition coefficient (Wildman–Crippen LogP) is 2.79. The third-order valence-electron chi connectivity index (χ3n) is 3.50. The third kappa shape index (κ3) is 3.68. The Labute approximate surface area is 125 Å². The van der Waals surface area contributed by atoms with Crippen LogP contribution in [-0.2, 0) is 11.3 Å². The van der Waals surface area contributed by atoms with E-state index in [1.54, 1.807) is 4.68 Å². The van der Waals surface area contributed by atoms with Crippen molar-refractivity contribution in [1.82, 2.24) is 14.8 Å². The largest absolute Gasteiger partial charge is 0.326 e. The van der Waals surface area contributed by atoms with Gasteiger partial charge in [0.25, 0.3) is 0 Å². The van der Waals surface area contributed by atoms with Gasteiger partial charge < -0.3 is 5.32 Å². The quantitative estimate of drug-likeness (QED) is 0.940. The summed E-state index contributed by atoms with van der Waals surface area (Å²) in [5.74, 6) is 1.38. The maximum atomic E-state index is 12.3. The monoisotopic (exact) mass is 286 g/mol. The average molecular weight is 286 g/mol. The number of carbonyl (C=O) groups excluding carboxylic acids is 1. The fourth-order valence-corrected chi connectivity index (χ4v) is 2.29. The highest BCUT2D eigenvalue weighted by atomic mass is 16.1. The summed E-state index contributed by atoms with van der Waals surface area (Å²) >= 11 is 0. The van der Waals surface area contributed by atoms with Crippen LogP contribution in [0.25, 0.3) is 0 Å². The molecule has 1 N–H and O–H groups in total. The van der Waals surface area contributed by atoms with Crippen LogP contribution in [0.5, 0.6) is 0 Å². The van der Waals surface area contributed by atoms with Crippen LogP contribution in [0.15, 0.2) is 18.2 Å². The van der Waals surface area contributed by atoms with Crippen LogP contribution in [0.1, 0.15) is 29.7 Å². The molecule has 1 heterocycles. The van der Waals surface area contributed by atoms with E-state index in [-0.39, 0.29) is 11.8 Å². The molecular weight excluding hydrogens is 264 g/mol. The zero-order chi connectivity index (χ0) is 15.6. The zero-order valence-corrected chi connectivity index (χ0v) is 13.3. The highest BCUT2D eigenvalue weighted by Crippen LogP contribution is 2.17. The molecule has 1 atom stereocenters. The minimum atomic E-state index is -0.175. The lowest BCUT2D eigenvalue weighted by Crippen LogP contribution is -2.25. The van der Waals surface area contributed by atoms with Crippen molar-refractivity contribution in [2.75, 3.05) is 5.32 Å². The summed E-state index contributed by atoms with van der Waals surface area (Å²) in [7, 11) is 0. The Hall–Kier alpha value is -2.17. The summed E-state index contributed by atoms with van der Waals surface area (Å²) in [6.45, 7) is 10.2. The van der Waals surface area contributed by atoms with Crippen molar-refractivity contribution in [2.24, 2.45) is 5.92 Å². The van der Waals surface area contributed by atoms with E-state index >= 15 is 0 Å². The lowest BCUT2D eigenvalue weighted by Gasteiger charge is -2.14. The first-order valence-electron chi connectivity index (χ1n) is 7.13. The van der Waals surface area contributed by atoms with Gasteiger partial charge in [-0.3, -0.25) is 4.79 Å². The molecule has 21 heavy (non-hydrogen) atoms. The van der Waals surface area contributed by atoms with E-state index in [0.717, 1.165) is 22.9 Å². The first-order chi connectivity index (χ1) is 9.86. The molecule has 1 aromatic carbocycles. The average Bonchev–Trinajstić information content (AvgIpc) is 2.71. The number of hydrogen-bond donors (Lipinski definition) is 1. The molecule has 112 valence electrons. The second kappa shape index (κ2) is 6.08.